The van der Waals surface area contributed by atoms with Gasteiger partial charge < -0.3 is 15.7 Å². The van der Waals surface area contributed by atoms with Gasteiger partial charge in [0.15, 0.2) is 0 Å². The number of benzene rings is 1. The van der Waals surface area contributed by atoms with Crippen LogP contribution in [0.3, 0.4) is 0 Å². The summed E-state index contributed by atoms with van der Waals surface area (Å²) in [6.07, 6.45) is 4.02. The van der Waals surface area contributed by atoms with Crippen LogP contribution in [0.1, 0.15) is 36.2 Å². The number of amides is 2. The lowest BCUT2D eigenvalue weighted by Gasteiger charge is -2.32. The maximum Gasteiger partial charge on any atom is 0.244 e. The van der Waals surface area contributed by atoms with E-state index in [0.29, 0.717) is 25.8 Å². The molecule has 2 aromatic rings. The van der Waals surface area contributed by atoms with Crippen LogP contribution >= 0.6 is 0 Å². The van der Waals surface area contributed by atoms with Gasteiger partial charge in [-0.3, -0.25) is 14.7 Å². The summed E-state index contributed by atoms with van der Waals surface area (Å²) in [6.45, 7) is 2.26. The van der Waals surface area contributed by atoms with Crippen molar-refractivity contribution in [2.24, 2.45) is 5.92 Å². The van der Waals surface area contributed by atoms with Crippen molar-refractivity contribution in [3.05, 3.63) is 59.4 Å². The molecular weight excluding hydrogens is 356 g/mol. The third-order valence-electron chi connectivity index (χ3n) is 4.94. The quantitative estimate of drug-likeness (QED) is 0.570. The molecule has 1 aromatic heterocycles. The molecule has 7 heteroatoms. The van der Waals surface area contributed by atoms with E-state index in [0.717, 1.165) is 17.0 Å². The molecule has 0 bridgehead atoms. The number of hydrogen-bond acceptors (Lipinski definition) is 4. The van der Waals surface area contributed by atoms with E-state index in [1.165, 1.54) is 6.08 Å². The van der Waals surface area contributed by atoms with Gasteiger partial charge in [-0.05, 0) is 43.9 Å². The fraction of sp³-hybridized carbons (Fsp3) is 0.381. The molecule has 7 nitrogen and oxygen atoms in total. The lowest BCUT2D eigenvalue weighted by Crippen LogP contribution is -2.49. The van der Waals surface area contributed by atoms with Crippen LogP contribution in [-0.2, 0) is 16.1 Å². The van der Waals surface area contributed by atoms with Crippen molar-refractivity contribution in [3.63, 3.8) is 0 Å². The first kappa shape index (κ1) is 19.8. The van der Waals surface area contributed by atoms with Crippen LogP contribution in [0.25, 0.3) is 6.08 Å². The highest BCUT2D eigenvalue weighted by molar-refractivity contribution is 5.92. The first-order valence-electron chi connectivity index (χ1n) is 9.51. The maximum absolute atomic E-state index is 12.5. The van der Waals surface area contributed by atoms with Crippen LogP contribution in [0.15, 0.2) is 42.5 Å². The van der Waals surface area contributed by atoms with Gasteiger partial charge in [-0.15, -0.1) is 0 Å². The van der Waals surface area contributed by atoms with Gasteiger partial charge in [0.05, 0.1) is 24.4 Å². The third-order valence-corrected chi connectivity index (χ3v) is 4.94. The van der Waals surface area contributed by atoms with Crippen LogP contribution in [0, 0.1) is 12.8 Å². The van der Waals surface area contributed by atoms with E-state index in [9.17, 15) is 14.7 Å². The summed E-state index contributed by atoms with van der Waals surface area (Å²) >= 11 is 0. The Morgan fingerprint density at radius 1 is 1.29 bits per heavy atom. The molecule has 1 aliphatic carbocycles. The minimum absolute atomic E-state index is 0.0772. The highest BCUT2D eigenvalue weighted by Crippen LogP contribution is 2.25. The van der Waals surface area contributed by atoms with Crippen molar-refractivity contribution in [1.29, 1.82) is 0 Å². The number of rotatable bonds is 6. The van der Waals surface area contributed by atoms with Gasteiger partial charge in [-0.1, -0.05) is 30.3 Å². The van der Waals surface area contributed by atoms with Crippen LogP contribution in [0.2, 0.25) is 0 Å². The Morgan fingerprint density at radius 2 is 2.07 bits per heavy atom. The highest BCUT2D eigenvalue weighted by Gasteiger charge is 2.33. The molecule has 0 aliphatic heterocycles. The average molecular weight is 382 g/mol. The second-order valence-corrected chi connectivity index (χ2v) is 7.20. The number of aromatic amines is 1. The van der Waals surface area contributed by atoms with Gasteiger partial charge in [0.25, 0.3) is 0 Å². The van der Waals surface area contributed by atoms with Gasteiger partial charge >= 0.3 is 0 Å². The van der Waals surface area contributed by atoms with E-state index < -0.39 is 12.1 Å². The van der Waals surface area contributed by atoms with Crippen molar-refractivity contribution in [2.45, 2.75) is 44.9 Å². The molecule has 148 valence electrons. The van der Waals surface area contributed by atoms with Crippen LogP contribution < -0.4 is 10.6 Å². The number of aryl methyl sites for hydroxylation is 1. The predicted molar refractivity (Wildman–Crippen MR) is 106 cm³/mol. The lowest BCUT2D eigenvalue weighted by molar-refractivity contribution is -0.128. The number of carbonyl (C=O) groups excluding carboxylic acids is 2. The van der Waals surface area contributed by atoms with Crippen LogP contribution in [0.4, 0.5) is 0 Å². The number of carbonyl (C=O) groups is 2. The molecule has 4 N–H and O–H groups in total. The Hall–Kier alpha value is -2.93. The molecule has 28 heavy (non-hydrogen) atoms. The number of aliphatic hydroxyl groups is 1. The standard InChI is InChI=1S/C21H26N4O3/c1-14-11-17(25-24-14)13-22-21(28)16-8-9-19(26)18(12-16)23-20(27)10-7-15-5-3-2-4-6-15/h2-7,10-11,16,18-19,26H,8-9,12-13H2,1H3,(H,22,28)(H,23,27)(H,24,25)/b10-7+/t16-,18+,19+/m0/s1. The summed E-state index contributed by atoms with van der Waals surface area (Å²) in [5.74, 6) is -0.598. The third kappa shape index (κ3) is 5.53. The highest BCUT2D eigenvalue weighted by atomic mass is 16.3. The topological polar surface area (TPSA) is 107 Å². The second-order valence-electron chi connectivity index (χ2n) is 7.20. The normalized spacial score (nSPS) is 22.1. The summed E-state index contributed by atoms with van der Waals surface area (Å²) in [4.78, 5) is 24.7. The van der Waals surface area contributed by atoms with E-state index in [2.05, 4.69) is 20.8 Å². The summed E-state index contributed by atoms with van der Waals surface area (Å²) < 4.78 is 0. The van der Waals surface area contributed by atoms with Crippen LogP contribution in [-0.4, -0.2) is 39.3 Å². The Bertz CT molecular complexity index is 831. The zero-order chi connectivity index (χ0) is 19.9. The molecular formula is C21H26N4O3. The van der Waals surface area contributed by atoms with Gasteiger partial charge in [0, 0.05) is 17.7 Å². The summed E-state index contributed by atoms with van der Waals surface area (Å²) in [5.41, 5.74) is 2.64. The Balaban J connectivity index is 1.51. The fourth-order valence-corrected chi connectivity index (χ4v) is 3.40. The summed E-state index contributed by atoms with van der Waals surface area (Å²) in [6, 6.07) is 11.0. The smallest absolute Gasteiger partial charge is 0.244 e. The molecule has 0 saturated heterocycles. The monoisotopic (exact) mass is 382 g/mol. The van der Waals surface area contributed by atoms with Crippen molar-refractivity contribution in [3.8, 4) is 0 Å². The molecule has 1 aliphatic rings. The predicted octanol–water partition coefficient (Wildman–Crippen LogP) is 1.69. The zero-order valence-electron chi connectivity index (χ0n) is 15.9. The van der Waals surface area contributed by atoms with E-state index >= 15 is 0 Å². The molecule has 0 spiro atoms. The summed E-state index contributed by atoms with van der Waals surface area (Å²) in [7, 11) is 0. The molecule has 3 atom stereocenters. The number of nitrogens with zero attached hydrogens (tertiary/aromatic N) is 1. The second kappa shape index (κ2) is 9.32. The SMILES string of the molecule is Cc1cc(CNC(=O)[C@H]2CC[C@@H](O)[C@H](NC(=O)/C=C/c3ccccc3)C2)n[nH]1. The first-order chi connectivity index (χ1) is 13.5. The van der Waals surface area contributed by atoms with Gasteiger partial charge in [-0.2, -0.15) is 5.10 Å². The number of aliphatic hydroxyl groups excluding tert-OH is 1. The molecule has 1 saturated carbocycles. The molecule has 1 fully saturated rings. The minimum Gasteiger partial charge on any atom is -0.391 e. The molecule has 2 amide bonds. The van der Waals surface area contributed by atoms with Gasteiger partial charge in [0.2, 0.25) is 11.8 Å². The molecule has 1 aromatic carbocycles. The summed E-state index contributed by atoms with van der Waals surface area (Å²) in [5, 5.41) is 22.9. The van der Waals surface area contributed by atoms with Crippen molar-refractivity contribution < 1.29 is 14.7 Å². The van der Waals surface area contributed by atoms with Crippen molar-refractivity contribution >= 4 is 17.9 Å². The lowest BCUT2D eigenvalue weighted by atomic mass is 9.83. The zero-order valence-corrected chi connectivity index (χ0v) is 15.9. The van der Waals surface area contributed by atoms with E-state index in [1.807, 2.05) is 43.3 Å². The number of aromatic nitrogens is 2. The average Bonchev–Trinajstić information content (AvgIpc) is 3.12. The molecule has 0 unspecified atom stereocenters. The Morgan fingerprint density at radius 3 is 2.79 bits per heavy atom. The molecule has 1 heterocycles. The fourth-order valence-electron chi connectivity index (χ4n) is 3.40. The first-order valence-corrected chi connectivity index (χ1v) is 9.51. The Labute approximate surface area is 164 Å². The maximum atomic E-state index is 12.5. The number of hydrogen-bond donors (Lipinski definition) is 4. The van der Waals surface area contributed by atoms with E-state index in [4.69, 9.17) is 0 Å². The van der Waals surface area contributed by atoms with Gasteiger partial charge in [0.1, 0.15) is 0 Å². The van der Waals surface area contributed by atoms with Crippen molar-refractivity contribution in [1.82, 2.24) is 20.8 Å². The van der Waals surface area contributed by atoms with E-state index in [-0.39, 0.29) is 17.7 Å². The number of H-pyrrole nitrogens is 1. The molecule has 3 rings (SSSR count). The van der Waals surface area contributed by atoms with Crippen LogP contribution in [0.5, 0.6) is 0 Å². The largest absolute Gasteiger partial charge is 0.391 e. The number of nitrogens with one attached hydrogen (secondary N) is 3. The van der Waals surface area contributed by atoms with Crippen molar-refractivity contribution in [2.75, 3.05) is 0 Å². The minimum atomic E-state index is -0.646. The van der Waals surface area contributed by atoms with E-state index in [1.54, 1.807) is 6.08 Å². The Kier molecular flexibility index (Phi) is 6.60. The molecule has 0 radical (unpaired) electrons. The van der Waals surface area contributed by atoms with Gasteiger partial charge in [-0.25, -0.2) is 0 Å².